The van der Waals surface area contributed by atoms with Crippen molar-refractivity contribution >= 4 is 5.69 Å². The molecule has 2 aromatic carbocycles. The molecule has 0 radical (unpaired) electrons. The van der Waals surface area contributed by atoms with Gasteiger partial charge in [-0.1, -0.05) is 24.3 Å². The molecule has 2 rings (SSSR count). The van der Waals surface area contributed by atoms with E-state index < -0.39 is 0 Å². The van der Waals surface area contributed by atoms with Gasteiger partial charge in [0.15, 0.2) is 6.61 Å². The van der Waals surface area contributed by atoms with Crippen molar-refractivity contribution in [3.05, 3.63) is 59.7 Å². The average Bonchev–Trinajstić information content (AvgIpc) is 2.52. The Kier molecular flexibility index (Phi) is 4.99. The van der Waals surface area contributed by atoms with Gasteiger partial charge in [-0.2, -0.15) is 5.26 Å². The maximum Gasteiger partial charge on any atom is 0.174 e. The van der Waals surface area contributed by atoms with Gasteiger partial charge in [0.2, 0.25) is 0 Å². The summed E-state index contributed by atoms with van der Waals surface area (Å²) < 4.78 is 5.19. The van der Waals surface area contributed by atoms with Crippen LogP contribution >= 0.6 is 0 Å². The third-order valence-corrected chi connectivity index (χ3v) is 2.86. The lowest BCUT2D eigenvalue weighted by Gasteiger charge is -2.08. The first-order chi connectivity index (χ1) is 9.81. The fraction of sp³-hybridized carbons (Fsp3) is 0.188. The summed E-state index contributed by atoms with van der Waals surface area (Å²) in [5.41, 5.74) is 3.03. The Morgan fingerprint density at radius 3 is 2.25 bits per heavy atom. The van der Waals surface area contributed by atoms with E-state index in [4.69, 9.17) is 15.1 Å². The third kappa shape index (κ3) is 4.01. The van der Waals surface area contributed by atoms with Crippen LogP contribution in [0.1, 0.15) is 11.1 Å². The quantitative estimate of drug-likeness (QED) is 0.845. The molecule has 2 aromatic rings. The number of anilines is 1. The second kappa shape index (κ2) is 7.17. The van der Waals surface area contributed by atoms with E-state index in [-0.39, 0.29) is 13.2 Å². The van der Waals surface area contributed by atoms with Gasteiger partial charge >= 0.3 is 0 Å². The summed E-state index contributed by atoms with van der Waals surface area (Å²) in [6.45, 7) is 0.830. The topological polar surface area (TPSA) is 65.3 Å². The van der Waals surface area contributed by atoms with Crippen molar-refractivity contribution < 1.29 is 9.84 Å². The number of benzene rings is 2. The summed E-state index contributed by atoms with van der Waals surface area (Å²) in [7, 11) is 0. The SMILES string of the molecule is N#CCOc1ccc(CNc2ccc(CO)cc2)cc1. The first kappa shape index (κ1) is 13.9. The van der Waals surface area contributed by atoms with Crippen molar-refractivity contribution in [3.63, 3.8) is 0 Å². The van der Waals surface area contributed by atoms with Gasteiger partial charge in [-0.05, 0) is 35.4 Å². The monoisotopic (exact) mass is 268 g/mol. The van der Waals surface area contributed by atoms with Gasteiger partial charge in [0.25, 0.3) is 0 Å². The molecule has 0 aromatic heterocycles. The first-order valence-corrected chi connectivity index (χ1v) is 6.34. The number of hydrogen-bond donors (Lipinski definition) is 2. The number of rotatable bonds is 6. The second-order valence-electron chi connectivity index (χ2n) is 4.30. The minimum absolute atomic E-state index is 0.0600. The molecule has 0 spiro atoms. The summed E-state index contributed by atoms with van der Waals surface area (Å²) in [5.74, 6) is 0.697. The fourth-order valence-corrected chi connectivity index (χ4v) is 1.75. The molecule has 0 amide bonds. The highest BCUT2D eigenvalue weighted by molar-refractivity contribution is 5.45. The zero-order valence-electron chi connectivity index (χ0n) is 11.0. The van der Waals surface area contributed by atoms with Crippen LogP contribution in [0.3, 0.4) is 0 Å². The molecule has 0 heterocycles. The molecule has 4 nitrogen and oxygen atoms in total. The third-order valence-electron chi connectivity index (χ3n) is 2.86. The fourth-order valence-electron chi connectivity index (χ4n) is 1.75. The minimum atomic E-state index is 0.0600. The van der Waals surface area contributed by atoms with E-state index in [1.807, 2.05) is 54.6 Å². The summed E-state index contributed by atoms with van der Waals surface area (Å²) in [5, 5.41) is 20.7. The molecular weight excluding hydrogens is 252 g/mol. The molecule has 0 unspecified atom stereocenters. The molecule has 0 aliphatic heterocycles. The number of aliphatic hydroxyl groups excluding tert-OH is 1. The van der Waals surface area contributed by atoms with Crippen LogP contribution in [0, 0.1) is 11.3 Å². The molecule has 4 heteroatoms. The maximum atomic E-state index is 8.97. The van der Waals surface area contributed by atoms with Gasteiger partial charge in [-0.15, -0.1) is 0 Å². The molecule has 0 bridgehead atoms. The Morgan fingerprint density at radius 1 is 1.00 bits per heavy atom. The Hall–Kier alpha value is -2.51. The largest absolute Gasteiger partial charge is 0.479 e. The van der Waals surface area contributed by atoms with Crippen LogP contribution in [0.15, 0.2) is 48.5 Å². The number of nitrogens with one attached hydrogen (secondary N) is 1. The molecule has 0 aliphatic carbocycles. The maximum absolute atomic E-state index is 8.97. The van der Waals surface area contributed by atoms with Crippen molar-refractivity contribution in [2.24, 2.45) is 0 Å². The van der Waals surface area contributed by atoms with Crippen LogP contribution in [0.2, 0.25) is 0 Å². The number of aliphatic hydroxyl groups is 1. The van der Waals surface area contributed by atoms with Gasteiger partial charge in [0, 0.05) is 12.2 Å². The molecule has 102 valence electrons. The molecule has 0 atom stereocenters. The lowest BCUT2D eigenvalue weighted by atomic mass is 10.2. The van der Waals surface area contributed by atoms with Gasteiger partial charge in [-0.25, -0.2) is 0 Å². The Balaban J connectivity index is 1.88. The summed E-state index contributed by atoms with van der Waals surface area (Å²) in [6, 6.07) is 17.2. The summed E-state index contributed by atoms with van der Waals surface area (Å²) >= 11 is 0. The van der Waals surface area contributed by atoms with Crippen LogP contribution < -0.4 is 10.1 Å². The van der Waals surface area contributed by atoms with Crippen LogP contribution in [-0.2, 0) is 13.2 Å². The number of nitriles is 1. The lowest BCUT2D eigenvalue weighted by Crippen LogP contribution is -2.00. The molecule has 20 heavy (non-hydrogen) atoms. The molecule has 0 fully saturated rings. The zero-order valence-corrected chi connectivity index (χ0v) is 11.0. The second-order valence-corrected chi connectivity index (χ2v) is 4.30. The van der Waals surface area contributed by atoms with E-state index in [0.29, 0.717) is 12.3 Å². The van der Waals surface area contributed by atoms with Crippen molar-refractivity contribution in [2.75, 3.05) is 11.9 Å². The van der Waals surface area contributed by atoms with Gasteiger partial charge in [0.1, 0.15) is 11.8 Å². The normalized spacial score (nSPS) is 9.80. The number of hydrogen-bond acceptors (Lipinski definition) is 4. The molecule has 0 saturated heterocycles. The van der Waals surface area contributed by atoms with Crippen molar-refractivity contribution in [3.8, 4) is 11.8 Å². The Labute approximate surface area is 118 Å². The molecule has 2 N–H and O–H groups in total. The Morgan fingerprint density at radius 2 is 1.65 bits per heavy atom. The van der Waals surface area contributed by atoms with Gasteiger partial charge in [-0.3, -0.25) is 0 Å². The van der Waals surface area contributed by atoms with E-state index in [2.05, 4.69) is 5.32 Å². The average molecular weight is 268 g/mol. The van der Waals surface area contributed by atoms with Crippen LogP contribution in [-0.4, -0.2) is 11.7 Å². The Bertz CT molecular complexity index is 571. The summed E-state index contributed by atoms with van der Waals surface area (Å²) in [6.07, 6.45) is 0. The van der Waals surface area contributed by atoms with Crippen molar-refractivity contribution in [1.82, 2.24) is 0 Å². The minimum Gasteiger partial charge on any atom is -0.479 e. The molecular formula is C16H16N2O2. The van der Waals surface area contributed by atoms with Crippen LogP contribution in [0.25, 0.3) is 0 Å². The van der Waals surface area contributed by atoms with E-state index in [0.717, 1.165) is 16.8 Å². The standard InChI is InChI=1S/C16H16N2O2/c17-9-10-20-16-7-3-13(4-8-16)11-18-15-5-1-14(12-19)2-6-15/h1-8,18-19H,10-12H2. The highest BCUT2D eigenvalue weighted by Gasteiger charge is 1.97. The van der Waals surface area contributed by atoms with Crippen molar-refractivity contribution in [2.45, 2.75) is 13.2 Å². The van der Waals surface area contributed by atoms with E-state index in [1.165, 1.54) is 0 Å². The first-order valence-electron chi connectivity index (χ1n) is 6.34. The zero-order chi connectivity index (χ0) is 14.2. The summed E-state index contributed by atoms with van der Waals surface area (Å²) in [4.78, 5) is 0. The lowest BCUT2D eigenvalue weighted by molar-refractivity contribution is 0.282. The number of ether oxygens (including phenoxy) is 1. The predicted molar refractivity (Wildman–Crippen MR) is 77.2 cm³/mol. The highest BCUT2D eigenvalue weighted by Crippen LogP contribution is 2.14. The predicted octanol–water partition coefficient (Wildman–Crippen LogP) is 2.69. The smallest absolute Gasteiger partial charge is 0.174 e. The van der Waals surface area contributed by atoms with Crippen LogP contribution in [0.4, 0.5) is 5.69 Å². The van der Waals surface area contributed by atoms with Gasteiger partial charge in [0.05, 0.1) is 6.61 Å². The van der Waals surface area contributed by atoms with E-state index in [1.54, 1.807) is 0 Å². The van der Waals surface area contributed by atoms with Crippen molar-refractivity contribution in [1.29, 1.82) is 5.26 Å². The molecule has 0 saturated carbocycles. The van der Waals surface area contributed by atoms with Crippen LogP contribution in [0.5, 0.6) is 5.75 Å². The van der Waals surface area contributed by atoms with E-state index in [9.17, 15) is 0 Å². The molecule has 0 aliphatic rings. The van der Waals surface area contributed by atoms with Gasteiger partial charge < -0.3 is 15.2 Å². The highest BCUT2D eigenvalue weighted by atomic mass is 16.5. The number of nitrogens with zero attached hydrogens (tertiary/aromatic N) is 1. The van der Waals surface area contributed by atoms with E-state index >= 15 is 0 Å².